The first-order valence-electron chi connectivity index (χ1n) is 10.2. The molecule has 1 amide bonds. The van der Waals surface area contributed by atoms with Gasteiger partial charge in [-0.25, -0.2) is 8.42 Å². The van der Waals surface area contributed by atoms with Gasteiger partial charge in [-0.3, -0.25) is 9.10 Å². The summed E-state index contributed by atoms with van der Waals surface area (Å²) in [6, 6.07) is 15.4. The Morgan fingerprint density at radius 3 is 2.37 bits per heavy atom. The number of rotatable bonds is 9. The van der Waals surface area contributed by atoms with Crippen LogP contribution in [-0.2, 0) is 14.8 Å². The zero-order chi connectivity index (χ0) is 21.4. The third-order valence-corrected chi connectivity index (χ3v) is 8.95. The number of sulfonamides is 1. The molecule has 1 N–H and O–H groups in total. The van der Waals surface area contributed by atoms with E-state index >= 15 is 0 Å². The number of benzene rings is 2. The topological polar surface area (TPSA) is 66.5 Å². The summed E-state index contributed by atoms with van der Waals surface area (Å²) in [4.78, 5) is 12.8. The number of anilines is 1. The number of nitrogens with zero attached hydrogens (tertiary/aromatic N) is 1. The zero-order valence-corrected chi connectivity index (χ0v) is 20.6. The number of carbonyl (C=O) groups excluding carboxylic acids is 1. The van der Waals surface area contributed by atoms with Crippen molar-refractivity contribution in [2.24, 2.45) is 0 Å². The molecule has 5 nitrogen and oxygen atoms in total. The van der Waals surface area contributed by atoms with E-state index in [1.165, 1.54) is 36.4 Å². The van der Waals surface area contributed by atoms with Crippen molar-refractivity contribution in [1.82, 2.24) is 5.32 Å². The van der Waals surface area contributed by atoms with Crippen LogP contribution in [0.5, 0.6) is 0 Å². The van der Waals surface area contributed by atoms with Crippen LogP contribution in [0.15, 0.2) is 59.5 Å². The second-order valence-electron chi connectivity index (χ2n) is 7.28. The molecule has 1 fully saturated rings. The van der Waals surface area contributed by atoms with Crippen molar-refractivity contribution in [3.8, 4) is 0 Å². The van der Waals surface area contributed by atoms with Gasteiger partial charge in [0.05, 0.1) is 10.6 Å². The van der Waals surface area contributed by atoms with Gasteiger partial charge in [0.2, 0.25) is 5.91 Å². The Labute approximate surface area is 197 Å². The lowest BCUT2D eigenvalue weighted by atomic mass is 10.0. The second kappa shape index (κ2) is 11.4. The minimum Gasteiger partial charge on any atom is -0.354 e. The van der Waals surface area contributed by atoms with Gasteiger partial charge in [-0.15, -0.1) is 0 Å². The molecular formula is C22H27IN2O3S2. The molecule has 162 valence electrons. The standard InChI is InChI=1S/C22H27IN2O3S2/c23-18-11-13-19(14-12-18)25(30(27,28)21-9-5-2-6-10-21)17-22(26)24-15-16-29-20-7-3-1-4-8-20/h2,5-6,9-14,20H,1,3-4,7-8,15-17H2,(H,24,26). The Morgan fingerprint density at radius 1 is 1.03 bits per heavy atom. The smallest absolute Gasteiger partial charge is 0.264 e. The maximum Gasteiger partial charge on any atom is 0.264 e. The van der Waals surface area contributed by atoms with E-state index < -0.39 is 10.0 Å². The molecule has 0 heterocycles. The SMILES string of the molecule is O=C(CN(c1ccc(I)cc1)S(=O)(=O)c1ccccc1)NCCSC1CCCCC1. The fourth-order valence-corrected chi connectivity index (χ4v) is 6.50. The predicted molar refractivity (Wildman–Crippen MR) is 132 cm³/mol. The van der Waals surface area contributed by atoms with Gasteiger partial charge in [0.25, 0.3) is 10.0 Å². The summed E-state index contributed by atoms with van der Waals surface area (Å²) in [5.74, 6) is 0.558. The lowest BCUT2D eigenvalue weighted by molar-refractivity contribution is -0.119. The Bertz CT molecular complexity index is 915. The van der Waals surface area contributed by atoms with E-state index in [9.17, 15) is 13.2 Å². The van der Waals surface area contributed by atoms with Gasteiger partial charge in [0, 0.05) is 21.1 Å². The molecule has 2 aromatic carbocycles. The highest BCUT2D eigenvalue weighted by Gasteiger charge is 2.27. The van der Waals surface area contributed by atoms with Crippen LogP contribution in [0.3, 0.4) is 0 Å². The molecule has 0 radical (unpaired) electrons. The van der Waals surface area contributed by atoms with E-state index in [0.717, 1.165) is 9.32 Å². The third kappa shape index (κ3) is 6.62. The molecule has 0 spiro atoms. The molecule has 0 aromatic heterocycles. The normalized spacial score (nSPS) is 15.0. The number of halogens is 1. The first kappa shape index (κ1) is 23.4. The van der Waals surface area contributed by atoms with Gasteiger partial charge in [-0.1, -0.05) is 37.5 Å². The molecule has 1 aliphatic carbocycles. The van der Waals surface area contributed by atoms with Crippen LogP contribution in [0.4, 0.5) is 5.69 Å². The highest BCUT2D eigenvalue weighted by Crippen LogP contribution is 2.28. The van der Waals surface area contributed by atoms with Crippen molar-refractivity contribution in [2.75, 3.05) is 23.1 Å². The monoisotopic (exact) mass is 558 g/mol. The number of amides is 1. The average molecular weight is 559 g/mol. The average Bonchev–Trinajstić information content (AvgIpc) is 2.77. The first-order chi connectivity index (χ1) is 14.5. The lowest BCUT2D eigenvalue weighted by Crippen LogP contribution is -2.41. The summed E-state index contributed by atoms with van der Waals surface area (Å²) >= 11 is 4.08. The van der Waals surface area contributed by atoms with Crippen molar-refractivity contribution >= 4 is 56.0 Å². The van der Waals surface area contributed by atoms with Crippen LogP contribution in [-0.4, -0.2) is 38.4 Å². The highest BCUT2D eigenvalue weighted by atomic mass is 127. The van der Waals surface area contributed by atoms with Gasteiger partial charge in [-0.05, 0) is 71.8 Å². The Kier molecular flexibility index (Phi) is 8.88. The number of hydrogen-bond donors (Lipinski definition) is 1. The number of carbonyl (C=O) groups is 1. The molecule has 0 aliphatic heterocycles. The van der Waals surface area contributed by atoms with Gasteiger partial charge >= 0.3 is 0 Å². The van der Waals surface area contributed by atoms with Gasteiger partial charge in [-0.2, -0.15) is 11.8 Å². The number of thioether (sulfide) groups is 1. The van der Waals surface area contributed by atoms with Crippen molar-refractivity contribution in [1.29, 1.82) is 0 Å². The molecule has 0 unspecified atom stereocenters. The zero-order valence-electron chi connectivity index (χ0n) is 16.8. The van der Waals surface area contributed by atoms with Crippen LogP contribution in [0.25, 0.3) is 0 Å². The summed E-state index contributed by atoms with van der Waals surface area (Å²) in [5, 5.41) is 3.58. The van der Waals surface area contributed by atoms with Crippen molar-refractivity contribution < 1.29 is 13.2 Å². The van der Waals surface area contributed by atoms with Crippen LogP contribution < -0.4 is 9.62 Å². The van der Waals surface area contributed by atoms with E-state index in [4.69, 9.17) is 0 Å². The molecule has 8 heteroatoms. The number of nitrogens with one attached hydrogen (secondary N) is 1. The molecule has 3 rings (SSSR count). The predicted octanol–water partition coefficient (Wildman–Crippen LogP) is 4.67. The van der Waals surface area contributed by atoms with Crippen LogP contribution in [0, 0.1) is 3.57 Å². The van der Waals surface area contributed by atoms with E-state index in [0.29, 0.717) is 17.5 Å². The van der Waals surface area contributed by atoms with Crippen molar-refractivity contribution in [2.45, 2.75) is 42.2 Å². The largest absolute Gasteiger partial charge is 0.354 e. The van der Waals surface area contributed by atoms with E-state index in [1.54, 1.807) is 42.5 Å². The van der Waals surface area contributed by atoms with E-state index in [-0.39, 0.29) is 17.3 Å². The third-order valence-electron chi connectivity index (χ3n) is 5.06. The fraction of sp³-hybridized carbons (Fsp3) is 0.409. The molecule has 2 aromatic rings. The Morgan fingerprint density at radius 2 is 1.70 bits per heavy atom. The quantitative estimate of drug-likeness (QED) is 0.359. The van der Waals surface area contributed by atoms with E-state index in [2.05, 4.69) is 27.9 Å². The van der Waals surface area contributed by atoms with Gasteiger partial charge in [0.1, 0.15) is 6.54 Å². The van der Waals surface area contributed by atoms with Gasteiger partial charge < -0.3 is 5.32 Å². The van der Waals surface area contributed by atoms with Crippen molar-refractivity contribution in [3.63, 3.8) is 0 Å². The number of hydrogen-bond acceptors (Lipinski definition) is 4. The summed E-state index contributed by atoms with van der Waals surface area (Å²) in [6.45, 7) is 0.303. The molecule has 1 saturated carbocycles. The molecule has 1 aliphatic rings. The van der Waals surface area contributed by atoms with Crippen LogP contribution in [0.2, 0.25) is 0 Å². The summed E-state index contributed by atoms with van der Waals surface area (Å²) in [6.07, 6.45) is 6.44. The summed E-state index contributed by atoms with van der Waals surface area (Å²) < 4.78 is 28.6. The lowest BCUT2D eigenvalue weighted by Gasteiger charge is -2.24. The first-order valence-corrected chi connectivity index (χ1v) is 13.8. The van der Waals surface area contributed by atoms with E-state index in [1.807, 2.05) is 23.9 Å². The molecule has 0 atom stereocenters. The summed E-state index contributed by atoms with van der Waals surface area (Å²) in [5.41, 5.74) is 0.478. The van der Waals surface area contributed by atoms with Crippen LogP contribution in [0.1, 0.15) is 32.1 Å². The molecular weight excluding hydrogens is 531 g/mol. The molecule has 0 saturated heterocycles. The highest BCUT2D eigenvalue weighted by molar-refractivity contribution is 14.1. The Hall–Kier alpha value is -1.26. The maximum atomic E-state index is 13.2. The molecule has 0 bridgehead atoms. The maximum absolute atomic E-state index is 13.2. The second-order valence-corrected chi connectivity index (χ2v) is 11.8. The van der Waals surface area contributed by atoms with Crippen LogP contribution >= 0.6 is 34.4 Å². The Balaban J connectivity index is 1.65. The minimum absolute atomic E-state index is 0.171. The molecule has 30 heavy (non-hydrogen) atoms. The minimum atomic E-state index is -3.84. The van der Waals surface area contributed by atoms with Gasteiger partial charge in [0.15, 0.2) is 0 Å². The summed E-state index contributed by atoms with van der Waals surface area (Å²) in [7, 11) is -3.84. The van der Waals surface area contributed by atoms with Crippen molar-refractivity contribution in [3.05, 3.63) is 58.2 Å². The fourth-order valence-electron chi connectivity index (χ4n) is 3.48.